The smallest absolute Gasteiger partial charge is 0.238 e. The molecule has 2 aromatic carbocycles. The Bertz CT molecular complexity index is 915. The minimum Gasteiger partial charge on any atom is -0.363 e. The lowest BCUT2D eigenvalue weighted by Crippen LogP contribution is -2.52. The molecule has 3 rings (SSSR count). The Morgan fingerprint density at radius 3 is 2.43 bits per heavy atom. The van der Waals surface area contributed by atoms with E-state index in [-0.39, 0.29) is 18.2 Å². The third-order valence-electron chi connectivity index (χ3n) is 4.89. The minimum atomic E-state index is -0.182. The van der Waals surface area contributed by atoms with Crippen molar-refractivity contribution in [2.24, 2.45) is 0 Å². The van der Waals surface area contributed by atoms with Crippen molar-refractivity contribution in [3.63, 3.8) is 0 Å². The average molecular weight is 445 g/mol. The fourth-order valence-corrected chi connectivity index (χ4v) is 3.82. The number of rotatable bonds is 6. The van der Waals surface area contributed by atoms with Crippen molar-refractivity contribution >= 4 is 46.3 Å². The Labute approximate surface area is 187 Å². The maximum Gasteiger partial charge on any atom is 0.238 e. The highest BCUT2D eigenvalue weighted by Crippen LogP contribution is 2.24. The summed E-state index contributed by atoms with van der Waals surface area (Å²) in [6.07, 6.45) is 0. The highest BCUT2D eigenvalue weighted by atomic mass is 35.5. The topological polar surface area (TPSA) is 64.7 Å². The van der Waals surface area contributed by atoms with E-state index in [0.29, 0.717) is 21.8 Å². The van der Waals surface area contributed by atoms with E-state index in [9.17, 15) is 9.59 Å². The second kappa shape index (κ2) is 10.5. The van der Waals surface area contributed by atoms with Crippen molar-refractivity contribution in [3.05, 3.63) is 64.7 Å². The second-order valence-corrected chi connectivity index (χ2v) is 7.86. The predicted molar refractivity (Wildman–Crippen MR) is 124 cm³/mol. The summed E-state index contributed by atoms with van der Waals surface area (Å²) in [6.45, 7) is 6.11. The third kappa shape index (κ3) is 5.78. The molecule has 0 saturated carbocycles. The van der Waals surface area contributed by atoms with Crippen molar-refractivity contribution < 1.29 is 9.59 Å². The molecule has 0 aromatic heterocycles. The van der Waals surface area contributed by atoms with Crippen molar-refractivity contribution in [1.29, 1.82) is 0 Å². The molecule has 2 aromatic rings. The van der Waals surface area contributed by atoms with Crippen LogP contribution >= 0.6 is 23.8 Å². The van der Waals surface area contributed by atoms with Gasteiger partial charge in [-0.25, -0.2) is 0 Å². The van der Waals surface area contributed by atoms with Crippen molar-refractivity contribution in [3.8, 4) is 0 Å². The lowest BCUT2D eigenvalue weighted by Gasteiger charge is -2.35. The lowest BCUT2D eigenvalue weighted by atomic mass is 10.0. The van der Waals surface area contributed by atoms with Crippen LogP contribution in [0.3, 0.4) is 0 Å². The number of thiocarbonyl (C=S) groups is 1. The fourth-order valence-electron chi connectivity index (χ4n) is 3.32. The Kier molecular flexibility index (Phi) is 7.79. The zero-order valence-electron chi connectivity index (χ0n) is 16.9. The van der Waals surface area contributed by atoms with Crippen LogP contribution in [-0.4, -0.2) is 65.9 Å². The number of halogens is 1. The first-order valence-electron chi connectivity index (χ1n) is 9.92. The number of nitrogens with one attached hydrogen (secondary N) is 2. The Morgan fingerprint density at radius 2 is 1.77 bits per heavy atom. The summed E-state index contributed by atoms with van der Waals surface area (Å²) in [7, 11) is 0. The lowest BCUT2D eigenvalue weighted by molar-refractivity contribution is -0.117. The zero-order chi connectivity index (χ0) is 21.5. The van der Waals surface area contributed by atoms with Gasteiger partial charge >= 0.3 is 0 Å². The van der Waals surface area contributed by atoms with Crippen molar-refractivity contribution in [2.45, 2.75) is 6.92 Å². The molecule has 1 saturated heterocycles. The van der Waals surface area contributed by atoms with Crippen LogP contribution in [0, 0.1) is 0 Å². The summed E-state index contributed by atoms with van der Waals surface area (Å²) in [4.78, 5) is 29.7. The summed E-state index contributed by atoms with van der Waals surface area (Å²) in [5.41, 5.74) is 1.39. The van der Waals surface area contributed by atoms with Gasteiger partial charge in [0.05, 0.1) is 12.2 Å². The molecule has 1 heterocycles. The van der Waals surface area contributed by atoms with Crippen LogP contribution < -0.4 is 10.6 Å². The van der Waals surface area contributed by atoms with Gasteiger partial charge in [0.1, 0.15) is 0 Å². The molecule has 0 aliphatic carbocycles. The number of anilines is 1. The molecule has 0 radical (unpaired) electrons. The molecule has 0 unspecified atom stereocenters. The molecule has 0 bridgehead atoms. The molecule has 8 heteroatoms. The zero-order valence-corrected chi connectivity index (χ0v) is 18.4. The van der Waals surface area contributed by atoms with Crippen molar-refractivity contribution in [1.82, 2.24) is 15.1 Å². The van der Waals surface area contributed by atoms with E-state index in [2.05, 4.69) is 20.4 Å². The molecule has 6 nitrogen and oxygen atoms in total. The molecule has 1 amide bonds. The number of piperazine rings is 1. The van der Waals surface area contributed by atoms with E-state index in [0.717, 1.165) is 37.8 Å². The number of benzene rings is 2. The Hall–Kier alpha value is -2.48. The Morgan fingerprint density at radius 1 is 1.07 bits per heavy atom. The van der Waals surface area contributed by atoms with Gasteiger partial charge in [0.2, 0.25) is 5.91 Å². The van der Waals surface area contributed by atoms with Crippen LogP contribution in [0.5, 0.6) is 0 Å². The van der Waals surface area contributed by atoms with Gasteiger partial charge < -0.3 is 15.5 Å². The predicted octanol–water partition coefficient (Wildman–Crippen LogP) is 3.02. The first kappa shape index (κ1) is 22.2. The molecule has 2 N–H and O–H groups in total. The molecule has 1 aliphatic heterocycles. The highest BCUT2D eigenvalue weighted by molar-refractivity contribution is 7.80. The number of amides is 1. The highest BCUT2D eigenvalue weighted by Gasteiger charge is 2.21. The molecule has 0 atom stereocenters. The van der Waals surface area contributed by atoms with Gasteiger partial charge in [-0.05, 0) is 37.3 Å². The molecular formula is C22H25ClN4O2S. The largest absolute Gasteiger partial charge is 0.363 e. The third-order valence-corrected chi connectivity index (χ3v) is 5.53. The van der Waals surface area contributed by atoms with E-state index < -0.39 is 0 Å². The van der Waals surface area contributed by atoms with Gasteiger partial charge in [-0.2, -0.15) is 0 Å². The number of nitrogens with zero attached hydrogens (tertiary/aromatic N) is 2. The standard InChI is InChI=1S/C22H25ClN4O2S/c1-2-24-22(30)27-12-10-26(11-13-27)15-20(28)25-19-9-8-17(23)14-18(19)21(29)16-6-4-3-5-7-16/h3-9,14H,2,10-13,15H2,1H3,(H,24,30)(H,25,28). The fraction of sp³-hybridized carbons (Fsp3) is 0.318. The molecule has 0 spiro atoms. The van der Waals surface area contributed by atoms with Crippen molar-refractivity contribution in [2.75, 3.05) is 44.6 Å². The number of carbonyl (C=O) groups excluding carboxylic acids is 2. The number of carbonyl (C=O) groups is 2. The van der Waals surface area contributed by atoms with E-state index in [1.165, 1.54) is 0 Å². The van der Waals surface area contributed by atoms with E-state index in [1.54, 1.807) is 42.5 Å². The summed E-state index contributed by atoms with van der Waals surface area (Å²) >= 11 is 11.5. The van der Waals surface area contributed by atoms with Gasteiger partial charge in [0, 0.05) is 48.9 Å². The first-order chi connectivity index (χ1) is 14.5. The monoisotopic (exact) mass is 444 g/mol. The first-order valence-corrected chi connectivity index (χ1v) is 10.7. The quantitative estimate of drug-likeness (QED) is 0.527. The van der Waals surface area contributed by atoms with Gasteiger partial charge in [-0.3, -0.25) is 14.5 Å². The summed E-state index contributed by atoms with van der Waals surface area (Å²) < 4.78 is 0. The molecule has 30 heavy (non-hydrogen) atoms. The van der Waals surface area contributed by atoms with Gasteiger partial charge in [-0.1, -0.05) is 41.9 Å². The van der Waals surface area contributed by atoms with Crippen LogP contribution in [0.25, 0.3) is 0 Å². The van der Waals surface area contributed by atoms with Gasteiger partial charge in [0.25, 0.3) is 0 Å². The van der Waals surface area contributed by atoms with E-state index in [1.807, 2.05) is 13.0 Å². The summed E-state index contributed by atoms with van der Waals surface area (Å²) in [6, 6.07) is 13.9. The Balaban J connectivity index is 1.62. The number of hydrogen-bond acceptors (Lipinski definition) is 4. The number of ketones is 1. The van der Waals surface area contributed by atoms with Crippen LogP contribution in [0.1, 0.15) is 22.8 Å². The molecule has 1 aliphatic rings. The number of hydrogen-bond donors (Lipinski definition) is 2. The molecule has 158 valence electrons. The summed E-state index contributed by atoms with van der Waals surface area (Å²) in [5.74, 6) is -0.346. The van der Waals surface area contributed by atoms with Crippen LogP contribution in [0.2, 0.25) is 5.02 Å². The van der Waals surface area contributed by atoms with Crippen LogP contribution in [-0.2, 0) is 4.79 Å². The van der Waals surface area contributed by atoms with Crippen LogP contribution in [0.4, 0.5) is 5.69 Å². The average Bonchev–Trinajstić information content (AvgIpc) is 2.75. The normalized spacial score (nSPS) is 14.3. The maximum absolute atomic E-state index is 12.9. The molecule has 1 fully saturated rings. The SMILES string of the molecule is CCNC(=S)N1CCN(CC(=O)Nc2ccc(Cl)cc2C(=O)c2ccccc2)CC1. The van der Waals surface area contributed by atoms with E-state index >= 15 is 0 Å². The second-order valence-electron chi connectivity index (χ2n) is 7.03. The van der Waals surface area contributed by atoms with Gasteiger partial charge in [0.15, 0.2) is 10.9 Å². The molecular weight excluding hydrogens is 420 g/mol. The maximum atomic E-state index is 12.9. The minimum absolute atomic E-state index is 0.165. The van der Waals surface area contributed by atoms with Gasteiger partial charge in [-0.15, -0.1) is 0 Å². The van der Waals surface area contributed by atoms with Crippen LogP contribution in [0.15, 0.2) is 48.5 Å². The summed E-state index contributed by atoms with van der Waals surface area (Å²) in [5, 5.41) is 7.23. The van der Waals surface area contributed by atoms with E-state index in [4.69, 9.17) is 23.8 Å².